The molecule has 6 nitrogen and oxygen atoms in total. The van der Waals surface area contributed by atoms with Crippen molar-refractivity contribution < 1.29 is 9.53 Å². The Hall–Kier alpha value is -1.73. The maximum absolute atomic E-state index is 11.4. The number of ether oxygens (including phenoxy) is 1. The third-order valence-corrected chi connectivity index (χ3v) is 5.20. The molecule has 1 amide bonds. The zero-order chi connectivity index (χ0) is 15.5. The summed E-state index contributed by atoms with van der Waals surface area (Å²) in [5.41, 5.74) is 7.54. The maximum Gasteiger partial charge on any atom is 0.219 e. The van der Waals surface area contributed by atoms with Gasteiger partial charge in [-0.15, -0.1) is 11.3 Å². The van der Waals surface area contributed by atoms with Crippen molar-refractivity contribution >= 4 is 33.3 Å². The summed E-state index contributed by atoms with van der Waals surface area (Å²) in [4.78, 5) is 20.1. The molecule has 118 valence electrons. The van der Waals surface area contributed by atoms with Crippen LogP contribution in [-0.4, -0.2) is 35.1 Å². The minimum Gasteiger partial charge on any atom is -0.381 e. The van der Waals surface area contributed by atoms with Gasteiger partial charge in [0.25, 0.3) is 0 Å². The van der Waals surface area contributed by atoms with E-state index in [4.69, 9.17) is 10.5 Å². The zero-order valence-electron chi connectivity index (χ0n) is 12.5. The Morgan fingerprint density at radius 2 is 2.27 bits per heavy atom. The highest BCUT2D eigenvalue weighted by Gasteiger charge is 2.26. The van der Waals surface area contributed by atoms with Crippen molar-refractivity contribution in [3.05, 3.63) is 17.3 Å². The van der Waals surface area contributed by atoms with E-state index in [9.17, 15) is 4.79 Å². The summed E-state index contributed by atoms with van der Waals surface area (Å²) in [6.45, 7) is 3.51. The molecule has 22 heavy (non-hydrogen) atoms. The number of nitrogens with zero attached hydrogens (tertiary/aromatic N) is 2. The Kier molecular flexibility index (Phi) is 4.54. The van der Waals surface area contributed by atoms with Crippen molar-refractivity contribution in [3.8, 4) is 0 Å². The van der Waals surface area contributed by atoms with Gasteiger partial charge < -0.3 is 15.8 Å². The zero-order valence-corrected chi connectivity index (χ0v) is 13.4. The summed E-state index contributed by atoms with van der Waals surface area (Å²) in [7, 11) is 0. The highest BCUT2D eigenvalue weighted by molar-refractivity contribution is 7.18. The van der Waals surface area contributed by atoms with Crippen molar-refractivity contribution in [3.63, 3.8) is 0 Å². The normalized spacial score (nSPS) is 17.5. The van der Waals surface area contributed by atoms with Crippen LogP contribution in [0.2, 0.25) is 0 Å². The van der Waals surface area contributed by atoms with Crippen molar-refractivity contribution in [1.29, 1.82) is 0 Å². The smallest absolute Gasteiger partial charge is 0.219 e. The number of aromatic nitrogens is 2. The molecule has 1 fully saturated rings. The van der Waals surface area contributed by atoms with E-state index < -0.39 is 0 Å². The number of nitrogens with one attached hydrogen (secondary N) is 1. The predicted molar refractivity (Wildman–Crippen MR) is 86.9 cm³/mol. The Bertz CT molecular complexity index is 667. The number of rotatable bonds is 5. The van der Waals surface area contributed by atoms with E-state index in [1.165, 1.54) is 0 Å². The highest BCUT2D eigenvalue weighted by Crippen LogP contribution is 2.31. The number of carbonyl (C=O) groups is 1. The number of hydrogen-bond acceptors (Lipinski definition) is 6. The number of primary amides is 1. The number of hydrogen-bond donors (Lipinski definition) is 2. The molecule has 1 saturated heterocycles. The van der Waals surface area contributed by atoms with Gasteiger partial charge in [0.2, 0.25) is 5.91 Å². The van der Waals surface area contributed by atoms with Gasteiger partial charge >= 0.3 is 0 Å². The molecule has 0 aliphatic carbocycles. The van der Waals surface area contributed by atoms with Crippen molar-refractivity contribution in [2.45, 2.75) is 32.2 Å². The van der Waals surface area contributed by atoms with Crippen molar-refractivity contribution in [1.82, 2.24) is 9.97 Å². The maximum atomic E-state index is 11.4. The fourth-order valence-electron chi connectivity index (χ4n) is 2.92. The van der Waals surface area contributed by atoms with E-state index in [1.807, 2.05) is 6.92 Å². The van der Waals surface area contributed by atoms with Crippen LogP contribution in [0.15, 0.2) is 11.7 Å². The lowest BCUT2D eigenvalue weighted by Gasteiger charge is -2.30. The third-order valence-electron chi connectivity index (χ3n) is 4.11. The van der Waals surface area contributed by atoms with Crippen LogP contribution >= 0.6 is 11.3 Å². The van der Waals surface area contributed by atoms with Gasteiger partial charge in [-0.1, -0.05) is 0 Å². The van der Waals surface area contributed by atoms with Crippen molar-refractivity contribution in [2.24, 2.45) is 11.7 Å². The molecule has 1 atom stereocenters. The van der Waals surface area contributed by atoms with Gasteiger partial charge in [-0.25, -0.2) is 9.97 Å². The van der Waals surface area contributed by atoms with Gasteiger partial charge in [0, 0.05) is 25.7 Å². The topological polar surface area (TPSA) is 90.1 Å². The van der Waals surface area contributed by atoms with E-state index in [2.05, 4.69) is 20.7 Å². The predicted octanol–water partition coefficient (Wildman–Crippen LogP) is 2.08. The average molecular weight is 320 g/mol. The van der Waals surface area contributed by atoms with Gasteiger partial charge in [0.1, 0.15) is 12.1 Å². The summed E-state index contributed by atoms with van der Waals surface area (Å²) in [6.07, 6.45) is 3.74. The van der Waals surface area contributed by atoms with Crippen LogP contribution in [0.4, 0.5) is 5.82 Å². The summed E-state index contributed by atoms with van der Waals surface area (Å²) in [5.74, 6) is 0.866. The number of anilines is 1. The van der Waals surface area contributed by atoms with Gasteiger partial charge in [0.05, 0.1) is 10.2 Å². The molecule has 0 saturated carbocycles. The van der Waals surface area contributed by atoms with E-state index >= 15 is 0 Å². The van der Waals surface area contributed by atoms with Gasteiger partial charge in [-0.05, 0) is 36.6 Å². The minimum atomic E-state index is -0.295. The van der Waals surface area contributed by atoms with E-state index in [1.54, 1.807) is 17.7 Å². The Morgan fingerprint density at radius 3 is 3.00 bits per heavy atom. The molecule has 1 aliphatic heterocycles. The Balaban J connectivity index is 1.86. The SMILES string of the molecule is Cc1csc2c(NC(CC(N)=O)C3CCOCC3)ncnc12. The molecule has 0 spiro atoms. The number of amides is 1. The summed E-state index contributed by atoms with van der Waals surface area (Å²) in [6, 6.07) is -0.0121. The molecule has 3 N–H and O–H groups in total. The number of fused-ring (bicyclic) bond motifs is 1. The fraction of sp³-hybridized carbons (Fsp3) is 0.533. The van der Waals surface area contributed by atoms with Gasteiger partial charge in [-0.3, -0.25) is 4.79 Å². The molecule has 1 unspecified atom stereocenters. The second-order valence-electron chi connectivity index (χ2n) is 5.69. The lowest BCUT2D eigenvalue weighted by Crippen LogP contribution is -2.37. The number of nitrogens with two attached hydrogens (primary N) is 1. The molecular formula is C15H20N4O2S. The molecule has 3 rings (SSSR count). The van der Waals surface area contributed by atoms with E-state index in [-0.39, 0.29) is 11.9 Å². The van der Waals surface area contributed by atoms with Crippen LogP contribution in [0.5, 0.6) is 0 Å². The van der Waals surface area contributed by atoms with E-state index in [0.29, 0.717) is 12.3 Å². The lowest BCUT2D eigenvalue weighted by atomic mass is 9.89. The molecule has 7 heteroatoms. The van der Waals surface area contributed by atoms with Crippen LogP contribution in [0.25, 0.3) is 10.2 Å². The Labute approximate surface area is 133 Å². The lowest BCUT2D eigenvalue weighted by molar-refractivity contribution is -0.118. The molecule has 2 aromatic rings. The number of aryl methyl sites for hydroxylation is 1. The molecular weight excluding hydrogens is 300 g/mol. The van der Waals surface area contributed by atoms with Gasteiger partial charge in [-0.2, -0.15) is 0 Å². The van der Waals surface area contributed by atoms with Crippen molar-refractivity contribution in [2.75, 3.05) is 18.5 Å². The third kappa shape index (κ3) is 3.20. The fourth-order valence-corrected chi connectivity index (χ4v) is 3.87. The number of thiophene rings is 1. The first kappa shape index (κ1) is 15.2. The number of carbonyl (C=O) groups excluding carboxylic acids is 1. The van der Waals surface area contributed by atoms with Crippen LogP contribution in [0, 0.1) is 12.8 Å². The van der Waals surface area contributed by atoms with Crippen LogP contribution in [0.3, 0.4) is 0 Å². The quantitative estimate of drug-likeness (QED) is 0.880. The highest BCUT2D eigenvalue weighted by atomic mass is 32.1. The first-order chi connectivity index (χ1) is 10.6. The summed E-state index contributed by atoms with van der Waals surface area (Å²) < 4.78 is 6.44. The van der Waals surface area contributed by atoms with Gasteiger partial charge in [0.15, 0.2) is 0 Å². The van der Waals surface area contributed by atoms with Crippen LogP contribution < -0.4 is 11.1 Å². The minimum absolute atomic E-state index is 0.0121. The second kappa shape index (κ2) is 6.58. The summed E-state index contributed by atoms with van der Waals surface area (Å²) >= 11 is 1.62. The monoisotopic (exact) mass is 320 g/mol. The first-order valence-electron chi connectivity index (χ1n) is 7.46. The molecule has 0 bridgehead atoms. The molecule has 1 aliphatic rings. The van der Waals surface area contributed by atoms with Crippen LogP contribution in [0.1, 0.15) is 24.8 Å². The van der Waals surface area contributed by atoms with Crippen LogP contribution in [-0.2, 0) is 9.53 Å². The molecule has 2 aromatic heterocycles. The molecule has 3 heterocycles. The standard InChI is InChI=1S/C15H20N4O2S/c1-9-7-22-14-13(9)17-8-18-15(14)19-11(6-12(16)20)10-2-4-21-5-3-10/h7-8,10-11H,2-6H2,1H3,(H2,16,20)(H,17,18,19). The van der Waals surface area contributed by atoms with E-state index in [0.717, 1.165) is 47.7 Å². The molecule has 0 radical (unpaired) electrons. The first-order valence-corrected chi connectivity index (χ1v) is 8.34. The second-order valence-corrected chi connectivity index (χ2v) is 6.57. The summed E-state index contributed by atoms with van der Waals surface area (Å²) in [5, 5.41) is 5.51. The Morgan fingerprint density at radius 1 is 1.50 bits per heavy atom. The molecule has 0 aromatic carbocycles. The average Bonchev–Trinajstić information content (AvgIpc) is 2.90. The largest absolute Gasteiger partial charge is 0.381 e.